The third-order valence-electron chi connectivity index (χ3n) is 1.10. The van der Waals surface area contributed by atoms with Crippen molar-refractivity contribution < 1.29 is 4.21 Å². The van der Waals surface area contributed by atoms with E-state index in [1.165, 1.54) is 0 Å². The maximum atomic E-state index is 11.3. The van der Waals surface area contributed by atoms with Gasteiger partial charge in [0, 0.05) is 6.20 Å². The van der Waals surface area contributed by atoms with E-state index in [-0.39, 0.29) is 5.08 Å². The third kappa shape index (κ3) is 2.64. The Balaban J connectivity index is 2.61. The highest BCUT2D eigenvalue weighted by molar-refractivity contribution is 8.13. The molecule has 5 heteroatoms. The molecule has 3 nitrogen and oxygen atoms in total. The molecule has 62 valence electrons. The lowest BCUT2D eigenvalue weighted by Crippen LogP contribution is -1.95. The van der Waals surface area contributed by atoms with Gasteiger partial charge in [0.25, 0.3) is 0 Å². The van der Waals surface area contributed by atoms with Gasteiger partial charge in [0.15, 0.2) is 0 Å². The van der Waals surface area contributed by atoms with Crippen molar-refractivity contribution in [2.75, 3.05) is 5.08 Å². The fraction of sp³-hybridized carbons (Fsp3) is 0.143. The molecule has 0 radical (unpaired) electrons. The minimum absolute atomic E-state index is 0.285. The summed E-state index contributed by atoms with van der Waals surface area (Å²) in [5.41, 5.74) is 0. The van der Waals surface area contributed by atoms with Crippen molar-refractivity contribution in [1.82, 2.24) is 4.98 Å². The molecular weight excluding hydrogens is 192 g/mol. The van der Waals surface area contributed by atoms with Crippen LogP contribution in [-0.4, -0.2) is 14.3 Å². The summed E-state index contributed by atoms with van der Waals surface area (Å²) in [6.07, 6.45) is 1.59. The Morgan fingerprint density at radius 1 is 1.67 bits per heavy atom. The molecule has 0 aliphatic rings. The summed E-state index contributed by atoms with van der Waals surface area (Å²) in [6, 6.07) is 5.23. The summed E-state index contributed by atoms with van der Waals surface area (Å²) in [5, 5.41) is 10.9. The highest BCUT2D eigenvalue weighted by Gasteiger charge is 2.02. The molecule has 1 aromatic rings. The molecule has 0 N–H and O–H groups in total. The highest BCUT2D eigenvalue weighted by Crippen LogP contribution is 2.07. The maximum absolute atomic E-state index is 11.3. The van der Waals surface area contributed by atoms with E-state index in [2.05, 4.69) is 4.98 Å². The lowest BCUT2D eigenvalue weighted by atomic mass is 10.5. The van der Waals surface area contributed by atoms with Crippen molar-refractivity contribution in [2.24, 2.45) is 0 Å². The molecule has 1 aromatic heterocycles. The Kier molecular flexibility index (Phi) is 3.77. The zero-order valence-corrected chi connectivity index (χ0v) is 7.77. The maximum Gasteiger partial charge on any atom is 0.134 e. The minimum atomic E-state index is -1.15. The number of thiocyanates is 1. The predicted molar refractivity (Wildman–Crippen MR) is 48.7 cm³/mol. The second-order valence-electron chi connectivity index (χ2n) is 1.87. The molecule has 0 aliphatic heterocycles. The minimum Gasteiger partial charge on any atom is -0.252 e. The smallest absolute Gasteiger partial charge is 0.134 e. The molecule has 0 saturated carbocycles. The van der Waals surface area contributed by atoms with Crippen LogP contribution in [0.1, 0.15) is 0 Å². The first-order valence-corrected chi connectivity index (χ1v) is 5.45. The molecule has 12 heavy (non-hydrogen) atoms. The number of hydrogen-bond acceptors (Lipinski definition) is 4. The monoisotopic (exact) mass is 198 g/mol. The van der Waals surface area contributed by atoms with E-state index < -0.39 is 10.8 Å². The van der Waals surface area contributed by atoms with Crippen LogP contribution in [0.5, 0.6) is 0 Å². The van der Waals surface area contributed by atoms with Crippen LogP contribution in [0.4, 0.5) is 0 Å². The lowest BCUT2D eigenvalue weighted by Gasteiger charge is -1.95. The largest absolute Gasteiger partial charge is 0.252 e. The van der Waals surface area contributed by atoms with Gasteiger partial charge in [0.1, 0.15) is 10.4 Å². The number of rotatable bonds is 3. The molecule has 1 heterocycles. The van der Waals surface area contributed by atoms with E-state index in [1.807, 2.05) is 5.40 Å². The van der Waals surface area contributed by atoms with Crippen LogP contribution in [0.15, 0.2) is 29.4 Å². The van der Waals surface area contributed by atoms with Crippen LogP contribution in [0.2, 0.25) is 0 Å². The summed E-state index contributed by atoms with van der Waals surface area (Å²) in [6.45, 7) is 0. The fourth-order valence-electron chi connectivity index (χ4n) is 0.622. The quantitative estimate of drug-likeness (QED) is 0.688. The molecule has 1 unspecified atom stereocenters. The van der Waals surface area contributed by atoms with E-state index in [0.29, 0.717) is 5.03 Å². The number of nitrogens with zero attached hydrogens (tertiary/aromatic N) is 2. The molecule has 0 spiro atoms. The first-order chi connectivity index (χ1) is 5.84. The van der Waals surface area contributed by atoms with Crippen LogP contribution in [0.25, 0.3) is 0 Å². The van der Waals surface area contributed by atoms with Crippen LogP contribution >= 0.6 is 11.8 Å². The van der Waals surface area contributed by atoms with E-state index in [4.69, 9.17) is 5.26 Å². The fourth-order valence-corrected chi connectivity index (χ4v) is 2.15. The Bertz CT molecular complexity index is 307. The molecule has 0 saturated heterocycles. The highest BCUT2D eigenvalue weighted by atomic mass is 32.2. The van der Waals surface area contributed by atoms with Gasteiger partial charge < -0.3 is 0 Å². The molecule has 0 bridgehead atoms. The number of thioether (sulfide) groups is 1. The Labute approximate surface area is 77.3 Å². The van der Waals surface area contributed by atoms with Gasteiger partial charge >= 0.3 is 0 Å². The van der Waals surface area contributed by atoms with E-state index in [0.717, 1.165) is 11.8 Å². The van der Waals surface area contributed by atoms with Gasteiger partial charge in [-0.15, -0.1) is 0 Å². The van der Waals surface area contributed by atoms with Gasteiger partial charge in [0.2, 0.25) is 0 Å². The number of aromatic nitrogens is 1. The van der Waals surface area contributed by atoms with Crippen molar-refractivity contribution >= 4 is 22.6 Å². The Morgan fingerprint density at radius 2 is 2.50 bits per heavy atom. The number of pyridine rings is 1. The molecule has 0 aliphatic carbocycles. The van der Waals surface area contributed by atoms with Gasteiger partial charge in [-0.3, -0.25) is 4.21 Å². The number of hydrogen-bond donors (Lipinski definition) is 0. The summed E-state index contributed by atoms with van der Waals surface area (Å²) in [5.74, 6) is 0. The summed E-state index contributed by atoms with van der Waals surface area (Å²) in [4.78, 5) is 3.91. The molecule has 0 fully saturated rings. The van der Waals surface area contributed by atoms with Gasteiger partial charge in [-0.25, -0.2) is 4.98 Å². The normalized spacial score (nSPS) is 11.9. The Hall–Kier alpha value is -0.860. The second kappa shape index (κ2) is 4.91. The standard InChI is InChI=1S/C7H6N2OS2/c8-5-11-6-12(10)7-3-1-2-4-9-7/h1-4H,6H2. The van der Waals surface area contributed by atoms with Crippen LogP contribution in [-0.2, 0) is 10.8 Å². The van der Waals surface area contributed by atoms with E-state index >= 15 is 0 Å². The lowest BCUT2D eigenvalue weighted by molar-refractivity contribution is 0.683. The van der Waals surface area contributed by atoms with Gasteiger partial charge in [-0.2, -0.15) is 5.26 Å². The second-order valence-corrected chi connectivity index (χ2v) is 4.39. The van der Waals surface area contributed by atoms with Crippen molar-refractivity contribution in [3.05, 3.63) is 24.4 Å². The SMILES string of the molecule is N#CSCS(=O)c1ccccn1. The van der Waals surface area contributed by atoms with Crippen molar-refractivity contribution in [3.8, 4) is 5.40 Å². The molecule has 0 amide bonds. The topological polar surface area (TPSA) is 53.8 Å². The summed E-state index contributed by atoms with van der Waals surface area (Å²) >= 11 is 0.976. The third-order valence-corrected chi connectivity index (χ3v) is 3.27. The predicted octanol–water partition coefficient (Wildman–Crippen LogP) is 1.36. The molecule has 1 atom stereocenters. The average Bonchev–Trinajstić information content (AvgIpc) is 2.15. The van der Waals surface area contributed by atoms with Gasteiger partial charge in [0.05, 0.1) is 15.9 Å². The van der Waals surface area contributed by atoms with Crippen LogP contribution in [0, 0.1) is 10.7 Å². The van der Waals surface area contributed by atoms with Gasteiger partial charge in [-0.05, 0) is 23.9 Å². The van der Waals surface area contributed by atoms with Crippen LogP contribution in [0.3, 0.4) is 0 Å². The van der Waals surface area contributed by atoms with E-state index in [9.17, 15) is 4.21 Å². The number of nitriles is 1. The zero-order chi connectivity index (χ0) is 8.81. The summed E-state index contributed by atoms with van der Waals surface area (Å²) in [7, 11) is -1.15. The molecular formula is C7H6N2OS2. The zero-order valence-electron chi connectivity index (χ0n) is 6.14. The van der Waals surface area contributed by atoms with E-state index in [1.54, 1.807) is 24.4 Å². The first-order valence-electron chi connectivity index (χ1n) is 3.15. The average molecular weight is 198 g/mol. The van der Waals surface area contributed by atoms with Crippen molar-refractivity contribution in [1.29, 1.82) is 5.26 Å². The summed E-state index contributed by atoms with van der Waals surface area (Å²) < 4.78 is 11.3. The van der Waals surface area contributed by atoms with Gasteiger partial charge in [-0.1, -0.05) is 6.07 Å². The van der Waals surface area contributed by atoms with Crippen LogP contribution < -0.4 is 0 Å². The first kappa shape index (κ1) is 9.23. The molecule has 0 aromatic carbocycles. The van der Waals surface area contributed by atoms with Crippen molar-refractivity contribution in [3.63, 3.8) is 0 Å². The Morgan fingerprint density at radius 3 is 3.08 bits per heavy atom. The van der Waals surface area contributed by atoms with Crippen molar-refractivity contribution in [2.45, 2.75) is 5.03 Å². The molecule has 1 rings (SSSR count).